The Morgan fingerprint density at radius 1 is 0.963 bits per heavy atom. The summed E-state index contributed by atoms with van der Waals surface area (Å²) < 4.78 is 13.3. The number of aromatic nitrogens is 3. The van der Waals surface area contributed by atoms with Crippen LogP contribution in [0.5, 0.6) is 11.5 Å². The maximum atomic E-state index is 5.64. The van der Waals surface area contributed by atoms with E-state index in [4.69, 9.17) is 9.47 Å². The second-order valence-corrected chi connectivity index (χ2v) is 7.59. The molecule has 3 aromatic rings. The molecule has 27 heavy (non-hydrogen) atoms. The molecule has 0 radical (unpaired) electrons. The van der Waals surface area contributed by atoms with Gasteiger partial charge in [-0.3, -0.25) is 4.98 Å². The molecular weight excluding hydrogens is 338 g/mol. The van der Waals surface area contributed by atoms with Gasteiger partial charge in [0, 0.05) is 29.6 Å². The highest BCUT2D eigenvalue weighted by Gasteiger charge is 2.20. The molecule has 1 aliphatic heterocycles. The van der Waals surface area contributed by atoms with Crippen LogP contribution >= 0.6 is 0 Å². The molecule has 0 amide bonds. The van der Waals surface area contributed by atoms with Crippen molar-refractivity contribution in [1.29, 1.82) is 0 Å². The maximum absolute atomic E-state index is 5.64. The first kappa shape index (κ1) is 19.0. The van der Waals surface area contributed by atoms with Crippen molar-refractivity contribution in [3.8, 4) is 17.2 Å². The van der Waals surface area contributed by atoms with Crippen LogP contribution in [-0.4, -0.2) is 27.7 Å². The first-order valence-electron chi connectivity index (χ1n) is 9.19. The van der Waals surface area contributed by atoms with E-state index >= 15 is 0 Å². The first-order valence-corrected chi connectivity index (χ1v) is 9.19. The van der Waals surface area contributed by atoms with Gasteiger partial charge in [-0.25, -0.2) is 4.98 Å². The lowest BCUT2D eigenvalue weighted by atomic mass is 9.93. The van der Waals surface area contributed by atoms with Gasteiger partial charge in [-0.1, -0.05) is 26.8 Å². The second-order valence-electron chi connectivity index (χ2n) is 7.59. The van der Waals surface area contributed by atoms with E-state index in [0.717, 1.165) is 34.4 Å². The third-order valence-corrected chi connectivity index (χ3v) is 4.27. The molecule has 1 aliphatic rings. The van der Waals surface area contributed by atoms with Gasteiger partial charge < -0.3 is 14.0 Å². The third-order valence-electron chi connectivity index (χ3n) is 4.27. The standard InChI is InChI=1S/C16H20N2O2.C6H7N/c1-11-17-15(16(2,3)4)10-18(11)12-5-6-13-14(9-12)20-8-7-19-13;1-6-4-2-3-5-7-6/h5-6,9-10H,7-8H2,1-4H3;2-5H,1H3. The van der Waals surface area contributed by atoms with E-state index in [1.165, 1.54) is 0 Å². The number of ether oxygens (including phenoxy) is 2. The van der Waals surface area contributed by atoms with Crippen molar-refractivity contribution in [2.45, 2.75) is 40.0 Å². The average Bonchev–Trinajstić information content (AvgIpc) is 3.05. The zero-order valence-corrected chi connectivity index (χ0v) is 16.7. The van der Waals surface area contributed by atoms with Gasteiger partial charge in [-0.15, -0.1) is 0 Å². The summed E-state index contributed by atoms with van der Waals surface area (Å²) in [5.74, 6) is 2.60. The minimum atomic E-state index is 0.0455. The molecule has 4 rings (SSSR count). The van der Waals surface area contributed by atoms with Crippen LogP contribution in [0.4, 0.5) is 0 Å². The summed E-state index contributed by atoms with van der Waals surface area (Å²) in [4.78, 5) is 8.64. The Bertz CT molecular complexity index is 896. The molecule has 0 atom stereocenters. The number of imidazole rings is 1. The lowest BCUT2D eigenvalue weighted by Crippen LogP contribution is -2.15. The fraction of sp³-hybridized carbons (Fsp3) is 0.364. The zero-order valence-electron chi connectivity index (χ0n) is 16.7. The van der Waals surface area contributed by atoms with Gasteiger partial charge in [0.1, 0.15) is 19.0 Å². The highest BCUT2D eigenvalue weighted by atomic mass is 16.6. The van der Waals surface area contributed by atoms with E-state index in [1.807, 2.05) is 50.2 Å². The molecule has 0 saturated carbocycles. The Labute approximate surface area is 161 Å². The number of hydrogen-bond acceptors (Lipinski definition) is 4. The van der Waals surface area contributed by atoms with Crippen LogP contribution in [0.15, 0.2) is 48.8 Å². The number of hydrogen-bond donors (Lipinski definition) is 0. The van der Waals surface area contributed by atoms with Crippen LogP contribution in [0.2, 0.25) is 0 Å². The number of nitrogens with zero attached hydrogens (tertiary/aromatic N) is 3. The fourth-order valence-electron chi connectivity index (χ4n) is 2.73. The summed E-state index contributed by atoms with van der Waals surface area (Å²) in [6, 6.07) is 11.9. The highest BCUT2D eigenvalue weighted by Crippen LogP contribution is 2.33. The summed E-state index contributed by atoms with van der Waals surface area (Å²) in [5.41, 5.74) is 3.26. The van der Waals surface area contributed by atoms with Crippen molar-refractivity contribution < 1.29 is 9.47 Å². The summed E-state index contributed by atoms with van der Waals surface area (Å²) in [5, 5.41) is 0. The number of fused-ring (bicyclic) bond motifs is 1. The van der Waals surface area contributed by atoms with Crippen molar-refractivity contribution in [2.75, 3.05) is 13.2 Å². The molecule has 0 N–H and O–H groups in total. The smallest absolute Gasteiger partial charge is 0.163 e. The monoisotopic (exact) mass is 365 g/mol. The van der Waals surface area contributed by atoms with Crippen molar-refractivity contribution >= 4 is 0 Å². The molecule has 2 aromatic heterocycles. The first-order chi connectivity index (χ1) is 12.8. The Morgan fingerprint density at radius 2 is 1.70 bits per heavy atom. The van der Waals surface area contributed by atoms with Crippen LogP contribution in [0, 0.1) is 13.8 Å². The molecule has 3 heterocycles. The van der Waals surface area contributed by atoms with Gasteiger partial charge in [0.2, 0.25) is 0 Å². The Morgan fingerprint density at radius 3 is 2.26 bits per heavy atom. The topological polar surface area (TPSA) is 49.2 Å². The molecule has 0 bridgehead atoms. The van der Waals surface area contributed by atoms with E-state index in [1.54, 1.807) is 6.20 Å². The SMILES string of the molecule is Cc1ccccn1.Cc1nc(C(C)(C)C)cn1-c1ccc2c(c1)OCCO2. The Balaban J connectivity index is 0.000000253. The van der Waals surface area contributed by atoms with E-state index in [-0.39, 0.29) is 5.41 Å². The van der Waals surface area contributed by atoms with Gasteiger partial charge in [-0.05, 0) is 38.1 Å². The van der Waals surface area contributed by atoms with Crippen LogP contribution in [0.3, 0.4) is 0 Å². The normalized spacial score (nSPS) is 12.9. The minimum Gasteiger partial charge on any atom is -0.486 e. The Kier molecular flexibility index (Phi) is 5.49. The zero-order chi connectivity index (χ0) is 19.4. The molecule has 0 fully saturated rings. The van der Waals surface area contributed by atoms with Crippen molar-refractivity contribution in [3.05, 3.63) is 66.0 Å². The highest BCUT2D eigenvalue weighted by molar-refractivity contribution is 5.50. The summed E-state index contributed by atoms with van der Waals surface area (Å²) in [6.45, 7) is 11.7. The second kappa shape index (κ2) is 7.82. The third kappa shape index (κ3) is 4.67. The maximum Gasteiger partial charge on any atom is 0.163 e. The number of pyridine rings is 1. The average molecular weight is 365 g/mol. The van der Waals surface area contributed by atoms with Crippen LogP contribution in [0.25, 0.3) is 5.69 Å². The van der Waals surface area contributed by atoms with Crippen LogP contribution in [-0.2, 0) is 5.41 Å². The molecule has 0 unspecified atom stereocenters. The lowest BCUT2D eigenvalue weighted by molar-refractivity contribution is 0.171. The van der Waals surface area contributed by atoms with Crippen molar-refractivity contribution in [2.24, 2.45) is 0 Å². The molecule has 1 aromatic carbocycles. The predicted molar refractivity (Wildman–Crippen MR) is 107 cm³/mol. The van der Waals surface area contributed by atoms with Gasteiger partial charge in [0.05, 0.1) is 11.4 Å². The van der Waals surface area contributed by atoms with Crippen molar-refractivity contribution in [3.63, 3.8) is 0 Å². The van der Waals surface area contributed by atoms with Gasteiger partial charge in [0.25, 0.3) is 0 Å². The van der Waals surface area contributed by atoms with E-state index in [2.05, 4.69) is 41.5 Å². The molecular formula is C22H27N3O2. The van der Waals surface area contributed by atoms with E-state index < -0.39 is 0 Å². The quantitative estimate of drug-likeness (QED) is 0.630. The predicted octanol–water partition coefficient (Wildman–Crippen LogP) is 4.64. The molecule has 0 saturated heterocycles. The molecule has 5 heteroatoms. The molecule has 0 spiro atoms. The largest absolute Gasteiger partial charge is 0.486 e. The van der Waals surface area contributed by atoms with Crippen LogP contribution in [0.1, 0.15) is 38.0 Å². The molecule has 142 valence electrons. The molecule has 5 nitrogen and oxygen atoms in total. The van der Waals surface area contributed by atoms with E-state index in [0.29, 0.717) is 13.2 Å². The summed E-state index contributed by atoms with van der Waals surface area (Å²) in [6.07, 6.45) is 3.88. The van der Waals surface area contributed by atoms with Gasteiger partial charge in [-0.2, -0.15) is 0 Å². The number of rotatable bonds is 1. The summed E-state index contributed by atoms with van der Waals surface area (Å²) in [7, 11) is 0. The van der Waals surface area contributed by atoms with Crippen LogP contribution < -0.4 is 9.47 Å². The molecule has 0 aliphatic carbocycles. The van der Waals surface area contributed by atoms with E-state index in [9.17, 15) is 0 Å². The number of benzene rings is 1. The van der Waals surface area contributed by atoms with Crippen molar-refractivity contribution in [1.82, 2.24) is 14.5 Å². The summed E-state index contributed by atoms with van der Waals surface area (Å²) >= 11 is 0. The van der Waals surface area contributed by atoms with Gasteiger partial charge >= 0.3 is 0 Å². The number of aryl methyl sites for hydroxylation is 2. The Hall–Kier alpha value is -2.82. The minimum absolute atomic E-state index is 0.0455. The van der Waals surface area contributed by atoms with Gasteiger partial charge in [0.15, 0.2) is 11.5 Å². The fourth-order valence-corrected chi connectivity index (χ4v) is 2.73. The lowest BCUT2D eigenvalue weighted by Gasteiger charge is -2.19.